The predicted molar refractivity (Wildman–Crippen MR) is 79.8 cm³/mol. The minimum absolute atomic E-state index is 0.129. The molecule has 1 unspecified atom stereocenters. The molecule has 0 aliphatic carbocycles. The number of aromatic nitrogens is 3. The average Bonchev–Trinajstić information content (AvgIpc) is 3.00. The lowest BCUT2D eigenvalue weighted by Gasteiger charge is -2.14. The number of nitrogens with zero attached hydrogens (tertiary/aromatic N) is 3. The molecule has 0 amide bonds. The molecule has 0 saturated heterocycles. The number of thiazole rings is 1. The highest BCUT2D eigenvalue weighted by Gasteiger charge is 2.16. The van der Waals surface area contributed by atoms with Gasteiger partial charge in [0.25, 0.3) is 0 Å². The normalized spacial score (nSPS) is 12.8. The van der Waals surface area contributed by atoms with Crippen LogP contribution in [0.3, 0.4) is 0 Å². The first-order valence-electron chi connectivity index (χ1n) is 6.27. The van der Waals surface area contributed by atoms with Crippen LogP contribution < -0.4 is 11.1 Å². The van der Waals surface area contributed by atoms with E-state index in [2.05, 4.69) is 27.5 Å². The summed E-state index contributed by atoms with van der Waals surface area (Å²) in [5.74, 6) is 0. The van der Waals surface area contributed by atoms with Crippen LogP contribution in [0.2, 0.25) is 0 Å². The fourth-order valence-corrected chi connectivity index (χ4v) is 3.18. The van der Waals surface area contributed by atoms with Gasteiger partial charge in [-0.05, 0) is 43.2 Å². The first-order chi connectivity index (χ1) is 9.56. The molecular weight excluding hydrogens is 274 g/mol. The summed E-state index contributed by atoms with van der Waals surface area (Å²) in [6.07, 6.45) is 0. The van der Waals surface area contributed by atoms with Crippen molar-refractivity contribution in [3.63, 3.8) is 0 Å². The predicted octanol–water partition coefficient (Wildman–Crippen LogP) is 3.05. The van der Waals surface area contributed by atoms with Gasteiger partial charge in [0.05, 0.1) is 28.1 Å². The summed E-state index contributed by atoms with van der Waals surface area (Å²) in [6, 6.07) is 3.82. The zero-order valence-corrected chi connectivity index (χ0v) is 12.3. The number of fused-ring (bicyclic) bond motifs is 1. The molecule has 1 aromatic carbocycles. The van der Waals surface area contributed by atoms with Gasteiger partial charge in [0, 0.05) is 4.88 Å². The summed E-state index contributed by atoms with van der Waals surface area (Å²) >= 11 is 1.69. The summed E-state index contributed by atoms with van der Waals surface area (Å²) in [5, 5.41) is 12.2. The Balaban J connectivity index is 1.95. The van der Waals surface area contributed by atoms with E-state index < -0.39 is 0 Å². The van der Waals surface area contributed by atoms with E-state index in [1.807, 2.05) is 19.9 Å². The number of rotatable bonds is 3. The summed E-state index contributed by atoms with van der Waals surface area (Å²) in [7, 11) is 0. The van der Waals surface area contributed by atoms with Gasteiger partial charge in [-0.25, -0.2) is 9.61 Å². The van der Waals surface area contributed by atoms with Crippen LogP contribution in [0.1, 0.15) is 28.5 Å². The van der Waals surface area contributed by atoms with Crippen molar-refractivity contribution in [1.82, 2.24) is 15.3 Å². The molecule has 2 aromatic heterocycles. The van der Waals surface area contributed by atoms with Gasteiger partial charge in [-0.2, -0.15) is 0 Å². The van der Waals surface area contributed by atoms with Gasteiger partial charge in [-0.15, -0.1) is 11.3 Å². The van der Waals surface area contributed by atoms with Gasteiger partial charge in [-0.1, -0.05) is 0 Å². The van der Waals surface area contributed by atoms with Gasteiger partial charge in [0.1, 0.15) is 0 Å². The summed E-state index contributed by atoms with van der Waals surface area (Å²) in [5.41, 5.74) is 9.54. The second-order valence-corrected chi connectivity index (χ2v) is 5.95. The van der Waals surface area contributed by atoms with Crippen LogP contribution in [0, 0.1) is 13.8 Å². The molecule has 0 spiro atoms. The molecule has 0 aliphatic heterocycles. The number of anilines is 2. The lowest BCUT2D eigenvalue weighted by atomic mass is 10.2. The molecule has 104 valence electrons. The van der Waals surface area contributed by atoms with Crippen LogP contribution in [-0.2, 0) is 0 Å². The Morgan fingerprint density at radius 2 is 2.00 bits per heavy atom. The largest absolute Gasteiger partial charge is 0.397 e. The maximum atomic E-state index is 5.84. The van der Waals surface area contributed by atoms with E-state index in [1.54, 1.807) is 17.4 Å². The van der Waals surface area contributed by atoms with Crippen LogP contribution in [0.4, 0.5) is 11.4 Å². The van der Waals surface area contributed by atoms with Crippen LogP contribution in [-0.4, -0.2) is 15.3 Å². The summed E-state index contributed by atoms with van der Waals surface area (Å²) in [4.78, 5) is 5.66. The highest BCUT2D eigenvalue weighted by Crippen LogP contribution is 2.31. The number of nitrogens with one attached hydrogen (secondary N) is 1. The van der Waals surface area contributed by atoms with Crippen molar-refractivity contribution < 1.29 is 4.63 Å². The number of hydrogen-bond acceptors (Lipinski definition) is 7. The van der Waals surface area contributed by atoms with E-state index in [1.165, 1.54) is 4.88 Å². The van der Waals surface area contributed by atoms with Crippen LogP contribution >= 0.6 is 11.3 Å². The maximum Gasteiger partial charge on any atom is 0.160 e. The molecular formula is C13H15N5OS. The summed E-state index contributed by atoms with van der Waals surface area (Å²) in [6.45, 7) is 6.12. The Bertz CT molecular complexity index is 763. The molecule has 3 N–H and O–H groups in total. The molecule has 1 atom stereocenters. The van der Waals surface area contributed by atoms with Crippen molar-refractivity contribution in [3.8, 4) is 0 Å². The van der Waals surface area contributed by atoms with Gasteiger partial charge in [0.15, 0.2) is 11.0 Å². The van der Waals surface area contributed by atoms with Crippen LogP contribution in [0.15, 0.2) is 16.8 Å². The van der Waals surface area contributed by atoms with Crippen molar-refractivity contribution >= 4 is 33.7 Å². The molecule has 2 heterocycles. The quantitative estimate of drug-likeness (QED) is 0.720. The molecule has 0 radical (unpaired) electrons. The fourth-order valence-electron chi connectivity index (χ4n) is 2.25. The van der Waals surface area contributed by atoms with E-state index in [0.717, 1.165) is 16.4 Å². The zero-order valence-electron chi connectivity index (χ0n) is 11.5. The highest BCUT2D eigenvalue weighted by atomic mass is 32.1. The Morgan fingerprint density at radius 3 is 2.70 bits per heavy atom. The Kier molecular flexibility index (Phi) is 3.06. The first-order valence-corrected chi connectivity index (χ1v) is 7.09. The second-order valence-electron chi connectivity index (χ2n) is 4.71. The molecule has 0 aliphatic rings. The van der Waals surface area contributed by atoms with Crippen LogP contribution in [0.25, 0.3) is 11.0 Å². The number of nitrogen functional groups attached to an aromatic ring is 1. The van der Waals surface area contributed by atoms with Gasteiger partial charge in [-0.3, -0.25) is 0 Å². The van der Waals surface area contributed by atoms with E-state index in [4.69, 9.17) is 10.4 Å². The molecule has 0 fully saturated rings. The van der Waals surface area contributed by atoms with Gasteiger partial charge >= 0.3 is 0 Å². The van der Waals surface area contributed by atoms with Crippen molar-refractivity contribution in [1.29, 1.82) is 0 Å². The first kappa shape index (κ1) is 12.9. The standard InChI is InChI=1S/C13H15N5OS/c1-6-13(20-8(3)15-6)7(2)16-10-5-4-9(14)11-12(10)18-19-17-11/h4-5,7,16H,14H2,1-3H3. The smallest absolute Gasteiger partial charge is 0.160 e. The number of benzene rings is 1. The van der Waals surface area contributed by atoms with E-state index in [0.29, 0.717) is 16.7 Å². The molecule has 0 saturated carbocycles. The third kappa shape index (κ3) is 2.09. The Hall–Kier alpha value is -2.15. The van der Waals surface area contributed by atoms with Crippen molar-refractivity contribution in [2.75, 3.05) is 11.1 Å². The zero-order chi connectivity index (χ0) is 14.3. The van der Waals surface area contributed by atoms with Crippen LogP contribution in [0.5, 0.6) is 0 Å². The topological polar surface area (TPSA) is 89.9 Å². The minimum atomic E-state index is 0.129. The molecule has 6 nitrogen and oxygen atoms in total. The van der Waals surface area contributed by atoms with Gasteiger partial charge in [0.2, 0.25) is 0 Å². The molecule has 3 rings (SSSR count). The molecule has 3 aromatic rings. The Morgan fingerprint density at radius 1 is 1.25 bits per heavy atom. The van der Waals surface area contributed by atoms with Crippen molar-refractivity contribution in [2.45, 2.75) is 26.8 Å². The van der Waals surface area contributed by atoms with E-state index in [9.17, 15) is 0 Å². The molecule has 20 heavy (non-hydrogen) atoms. The van der Waals surface area contributed by atoms with E-state index >= 15 is 0 Å². The molecule has 0 bridgehead atoms. The Labute approximate surface area is 120 Å². The van der Waals surface area contributed by atoms with Crippen molar-refractivity contribution in [3.05, 3.63) is 27.7 Å². The lowest BCUT2D eigenvalue weighted by Crippen LogP contribution is -2.07. The number of hydrogen-bond donors (Lipinski definition) is 2. The number of aryl methyl sites for hydroxylation is 2. The SMILES string of the molecule is Cc1nc(C)c(C(C)Nc2ccc(N)c3nonc23)s1. The van der Waals surface area contributed by atoms with Crippen molar-refractivity contribution in [2.24, 2.45) is 0 Å². The lowest BCUT2D eigenvalue weighted by molar-refractivity contribution is 0.315. The van der Waals surface area contributed by atoms with Gasteiger partial charge < -0.3 is 11.1 Å². The molecule has 7 heteroatoms. The third-order valence-corrected chi connectivity index (χ3v) is 4.41. The fraction of sp³-hybridized carbons (Fsp3) is 0.308. The number of nitrogens with two attached hydrogens (primary N) is 1. The monoisotopic (exact) mass is 289 g/mol. The summed E-state index contributed by atoms with van der Waals surface area (Å²) < 4.78 is 4.77. The maximum absolute atomic E-state index is 5.84. The minimum Gasteiger partial charge on any atom is -0.397 e. The highest BCUT2D eigenvalue weighted by molar-refractivity contribution is 7.11. The van der Waals surface area contributed by atoms with E-state index in [-0.39, 0.29) is 6.04 Å². The third-order valence-electron chi connectivity index (χ3n) is 3.15. The average molecular weight is 289 g/mol. The second kappa shape index (κ2) is 4.75.